The number of hydrogen-bond acceptors (Lipinski definition) is 4. The monoisotopic (exact) mass is 239 g/mol. The Kier molecular flexibility index (Phi) is 4.56. The van der Waals surface area contributed by atoms with Gasteiger partial charge in [-0.25, -0.2) is 0 Å². The van der Waals surface area contributed by atoms with Crippen molar-refractivity contribution in [3.63, 3.8) is 0 Å². The third kappa shape index (κ3) is 3.78. The molecule has 2 N–H and O–H groups in total. The Bertz CT molecular complexity index is 243. The summed E-state index contributed by atoms with van der Waals surface area (Å²) in [6.45, 7) is 11.9. The number of piperazine rings is 1. The average Bonchev–Trinajstić information content (AvgIpc) is 2.33. The number of hydrogen-bond donors (Lipinski definition) is 2. The fourth-order valence-corrected chi connectivity index (χ4v) is 2.78. The molecule has 0 amide bonds. The first-order chi connectivity index (χ1) is 8.22. The second-order valence-corrected chi connectivity index (χ2v) is 5.34. The maximum Gasteiger partial charge on any atom is 0.0798 e. The molecule has 0 aliphatic carbocycles. The molecule has 0 bridgehead atoms. The van der Waals surface area contributed by atoms with E-state index in [2.05, 4.69) is 21.7 Å². The second kappa shape index (κ2) is 5.96. The minimum absolute atomic E-state index is 0.453. The maximum atomic E-state index is 10.5. The molecule has 2 heterocycles. The lowest BCUT2D eigenvalue weighted by molar-refractivity contribution is -0.0299. The van der Waals surface area contributed by atoms with Crippen LogP contribution in [0.4, 0.5) is 0 Å². The molecule has 0 aromatic heterocycles. The summed E-state index contributed by atoms with van der Waals surface area (Å²) in [5.41, 5.74) is -0.453. The fourth-order valence-electron chi connectivity index (χ4n) is 2.78. The summed E-state index contributed by atoms with van der Waals surface area (Å²) in [6.07, 6.45) is 3.75. The van der Waals surface area contributed by atoms with Gasteiger partial charge in [0.2, 0.25) is 0 Å². The van der Waals surface area contributed by atoms with Crippen LogP contribution in [0.5, 0.6) is 0 Å². The molecule has 0 aromatic rings. The first kappa shape index (κ1) is 13.0. The number of piperidine rings is 1. The largest absolute Gasteiger partial charge is 0.388 e. The van der Waals surface area contributed by atoms with Gasteiger partial charge in [0.05, 0.1) is 5.60 Å². The SMILES string of the molecule is C=CCN1CCN(CC2(O)CCNCC2)CC1. The Hall–Kier alpha value is -0.420. The predicted octanol–water partition coefficient (Wildman–Crippen LogP) is -0.0955. The molecule has 17 heavy (non-hydrogen) atoms. The van der Waals surface area contributed by atoms with Crippen molar-refractivity contribution in [3.05, 3.63) is 12.7 Å². The van der Waals surface area contributed by atoms with E-state index in [0.29, 0.717) is 0 Å². The van der Waals surface area contributed by atoms with E-state index < -0.39 is 5.60 Å². The van der Waals surface area contributed by atoms with Crippen molar-refractivity contribution in [2.24, 2.45) is 0 Å². The normalized spacial score (nSPS) is 26.9. The molecule has 0 saturated carbocycles. The summed E-state index contributed by atoms with van der Waals surface area (Å²) in [6, 6.07) is 0. The van der Waals surface area contributed by atoms with E-state index in [0.717, 1.165) is 65.2 Å². The molecule has 0 aromatic carbocycles. The van der Waals surface area contributed by atoms with Crippen LogP contribution >= 0.6 is 0 Å². The van der Waals surface area contributed by atoms with Gasteiger partial charge in [-0.05, 0) is 25.9 Å². The highest BCUT2D eigenvalue weighted by atomic mass is 16.3. The molecule has 0 radical (unpaired) electrons. The van der Waals surface area contributed by atoms with E-state index in [1.54, 1.807) is 0 Å². The van der Waals surface area contributed by atoms with Crippen molar-refractivity contribution in [2.75, 3.05) is 52.4 Å². The zero-order valence-corrected chi connectivity index (χ0v) is 10.7. The van der Waals surface area contributed by atoms with Crippen molar-refractivity contribution in [3.8, 4) is 0 Å². The minimum atomic E-state index is -0.453. The van der Waals surface area contributed by atoms with E-state index >= 15 is 0 Å². The van der Waals surface area contributed by atoms with Crippen LogP contribution < -0.4 is 5.32 Å². The van der Waals surface area contributed by atoms with Crippen LogP contribution in [0.3, 0.4) is 0 Å². The molecule has 2 aliphatic heterocycles. The Balaban J connectivity index is 1.75. The highest BCUT2D eigenvalue weighted by Crippen LogP contribution is 2.20. The molecular formula is C13H25N3O. The lowest BCUT2D eigenvalue weighted by atomic mass is 9.91. The number of nitrogens with one attached hydrogen (secondary N) is 1. The number of β-amino-alcohol motifs (C(OH)–C–C–N with tert-alkyl or cyclic N) is 1. The Morgan fingerprint density at radius 3 is 2.29 bits per heavy atom. The van der Waals surface area contributed by atoms with E-state index in [9.17, 15) is 5.11 Å². The van der Waals surface area contributed by atoms with Crippen LogP contribution in [0.25, 0.3) is 0 Å². The van der Waals surface area contributed by atoms with E-state index in [1.165, 1.54) is 0 Å². The van der Waals surface area contributed by atoms with Crippen molar-refractivity contribution in [1.29, 1.82) is 0 Å². The first-order valence-corrected chi connectivity index (χ1v) is 6.71. The predicted molar refractivity (Wildman–Crippen MR) is 70.1 cm³/mol. The molecule has 2 saturated heterocycles. The van der Waals surface area contributed by atoms with Gasteiger partial charge in [0.1, 0.15) is 0 Å². The summed E-state index contributed by atoms with van der Waals surface area (Å²) in [5, 5.41) is 13.8. The lowest BCUT2D eigenvalue weighted by Crippen LogP contribution is -2.54. The maximum absolute atomic E-state index is 10.5. The van der Waals surface area contributed by atoms with Crippen LogP contribution in [-0.2, 0) is 0 Å². The van der Waals surface area contributed by atoms with Crippen LogP contribution in [0.15, 0.2) is 12.7 Å². The van der Waals surface area contributed by atoms with Crippen molar-refractivity contribution in [1.82, 2.24) is 15.1 Å². The van der Waals surface area contributed by atoms with Gasteiger partial charge >= 0.3 is 0 Å². The fraction of sp³-hybridized carbons (Fsp3) is 0.846. The van der Waals surface area contributed by atoms with Gasteiger partial charge in [-0.1, -0.05) is 6.08 Å². The Morgan fingerprint density at radius 1 is 1.12 bits per heavy atom. The van der Waals surface area contributed by atoms with Gasteiger partial charge in [0.25, 0.3) is 0 Å². The number of nitrogens with zero attached hydrogens (tertiary/aromatic N) is 2. The smallest absolute Gasteiger partial charge is 0.0798 e. The summed E-state index contributed by atoms with van der Waals surface area (Å²) < 4.78 is 0. The molecule has 0 spiro atoms. The molecule has 98 valence electrons. The topological polar surface area (TPSA) is 38.7 Å². The average molecular weight is 239 g/mol. The molecule has 0 unspecified atom stereocenters. The second-order valence-electron chi connectivity index (χ2n) is 5.34. The summed E-state index contributed by atoms with van der Waals surface area (Å²) in [7, 11) is 0. The van der Waals surface area contributed by atoms with Gasteiger partial charge < -0.3 is 10.4 Å². The highest BCUT2D eigenvalue weighted by Gasteiger charge is 2.32. The Morgan fingerprint density at radius 2 is 1.71 bits per heavy atom. The van der Waals surface area contributed by atoms with Crippen LogP contribution in [0.2, 0.25) is 0 Å². The molecule has 2 aliphatic rings. The number of aliphatic hydroxyl groups is 1. The van der Waals surface area contributed by atoms with Gasteiger partial charge in [-0.3, -0.25) is 9.80 Å². The van der Waals surface area contributed by atoms with Gasteiger partial charge in [-0.2, -0.15) is 0 Å². The minimum Gasteiger partial charge on any atom is -0.388 e. The van der Waals surface area contributed by atoms with Crippen molar-refractivity contribution in [2.45, 2.75) is 18.4 Å². The molecule has 4 heteroatoms. The van der Waals surface area contributed by atoms with E-state index in [4.69, 9.17) is 0 Å². The quantitative estimate of drug-likeness (QED) is 0.672. The van der Waals surface area contributed by atoms with Crippen LogP contribution in [-0.4, -0.2) is 72.9 Å². The zero-order valence-electron chi connectivity index (χ0n) is 10.7. The van der Waals surface area contributed by atoms with Crippen molar-refractivity contribution >= 4 is 0 Å². The summed E-state index contributed by atoms with van der Waals surface area (Å²) in [4.78, 5) is 4.82. The zero-order chi connectivity index (χ0) is 12.1. The molecular weight excluding hydrogens is 214 g/mol. The molecule has 0 atom stereocenters. The van der Waals surface area contributed by atoms with Crippen LogP contribution in [0, 0.1) is 0 Å². The standard InChI is InChI=1S/C13H25N3O/c1-2-7-15-8-10-16(11-9-15)12-13(17)3-5-14-6-4-13/h2,14,17H,1,3-12H2. The number of rotatable bonds is 4. The first-order valence-electron chi connectivity index (χ1n) is 6.71. The van der Waals surface area contributed by atoms with Crippen molar-refractivity contribution < 1.29 is 5.11 Å². The third-order valence-electron chi connectivity index (χ3n) is 3.90. The van der Waals surface area contributed by atoms with E-state index in [1.807, 2.05) is 6.08 Å². The highest BCUT2D eigenvalue weighted by molar-refractivity contribution is 4.89. The molecule has 2 fully saturated rings. The third-order valence-corrected chi connectivity index (χ3v) is 3.90. The molecule has 4 nitrogen and oxygen atoms in total. The Labute approximate surface area is 104 Å². The lowest BCUT2D eigenvalue weighted by Gasteiger charge is -2.41. The van der Waals surface area contributed by atoms with Gasteiger partial charge in [-0.15, -0.1) is 6.58 Å². The summed E-state index contributed by atoms with van der Waals surface area (Å²) >= 11 is 0. The summed E-state index contributed by atoms with van der Waals surface area (Å²) in [5.74, 6) is 0. The van der Waals surface area contributed by atoms with E-state index in [-0.39, 0.29) is 0 Å². The molecule has 2 rings (SSSR count). The van der Waals surface area contributed by atoms with Gasteiger partial charge in [0, 0.05) is 39.3 Å². The van der Waals surface area contributed by atoms with Gasteiger partial charge in [0.15, 0.2) is 0 Å². The van der Waals surface area contributed by atoms with Crippen LogP contribution in [0.1, 0.15) is 12.8 Å².